The zero-order chi connectivity index (χ0) is 11.4. The Morgan fingerprint density at radius 1 is 1.67 bits per heavy atom. The number of pyridine rings is 1. The van der Waals surface area contributed by atoms with E-state index >= 15 is 0 Å². The summed E-state index contributed by atoms with van der Waals surface area (Å²) in [5.41, 5.74) is -0.230. The molecule has 3 nitrogen and oxygen atoms in total. The summed E-state index contributed by atoms with van der Waals surface area (Å²) in [6, 6.07) is 1.41. The summed E-state index contributed by atoms with van der Waals surface area (Å²) in [4.78, 5) is 14.4. The lowest BCUT2D eigenvalue weighted by Gasteiger charge is -2.06. The molecule has 0 saturated heterocycles. The molecule has 0 spiro atoms. The van der Waals surface area contributed by atoms with Crippen LogP contribution >= 0.6 is 11.6 Å². The number of nitrogens with zero attached hydrogens (tertiary/aromatic N) is 1. The lowest BCUT2D eigenvalue weighted by atomic mass is 10.1. The van der Waals surface area contributed by atoms with Gasteiger partial charge >= 0.3 is 5.97 Å². The maximum absolute atomic E-state index is 12.4. The van der Waals surface area contributed by atoms with Crippen molar-refractivity contribution in [2.24, 2.45) is 0 Å². The summed E-state index contributed by atoms with van der Waals surface area (Å²) in [5.74, 6) is -0.539. The standard InChI is InChI=1S/C9H8ClF2NO2/c1-15-6(14)4-5-2-3-13-8(7(5)10)9(11)12/h2-3,9H,4H2,1H3. The summed E-state index contributed by atoms with van der Waals surface area (Å²) in [7, 11) is 1.21. The summed E-state index contributed by atoms with van der Waals surface area (Å²) >= 11 is 5.65. The molecular formula is C9H8ClF2NO2. The van der Waals surface area contributed by atoms with Crippen LogP contribution in [0.15, 0.2) is 12.3 Å². The predicted molar refractivity (Wildman–Crippen MR) is 49.9 cm³/mol. The molecule has 15 heavy (non-hydrogen) atoms. The van der Waals surface area contributed by atoms with Crippen LogP contribution in [0.3, 0.4) is 0 Å². The number of hydrogen-bond acceptors (Lipinski definition) is 3. The van der Waals surface area contributed by atoms with Gasteiger partial charge in [0.25, 0.3) is 6.43 Å². The number of ether oxygens (including phenoxy) is 1. The molecule has 0 radical (unpaired) electrons. The zero-order valence-electron chi connectivity index (χ0n) is 7.84. The molecule has 82 valence electrons. The van der Waals surface area contributed by atoms with Gasteiger partial charge < -0.3 is 4.74 Å². The van der Waals surface area contributed by atoms with E-state index in [1.54, 1.807) is 0 Å². The van der Waals surface area contributed by atoms with Gasteiger partial charge in [-0.3, -0.25) is 9.78 Å². The number of esters is 1. The highest BCUT2D eigenvalue weighted by Crippen LogP contribution is 2.27. The van der Waals surface area contributed by atoms with Crippen molar-refractivity contribution in [1.82, 2.24) is 4.98 Å². The van der Waals surface area contributed by atoms with Crippen LogP contribution in [0.4, 0.5) is 8.78 Å². The normalized spacial score (nSPS) is 10.5. The van der Waals surface area contributed by atoms with Crippen LogP contribution < -0.4 is 0 Å². The van der Waals surface area contributed by atoms with Crippen LogP contribution in [0.25, 0.3) is 0 Å². The molecule has 1 rings (SSSR count). The van der Waals surface area contributed by atoms with Gasteiger partial charge in [0.15, 0.2) is 0 Å². The molecule has 6 heteroatoms. The second-order valence-electron chi connectivity index (χ2n) is 2.72. The molecule has 0 aliphatic heterocycles. The van der Waals surface area contributed by atoms with Gasteiger partial charge in [0.2, 0.25) is 0 Å². The molecule has 1 aromatic heterocycles. The van der Waals surface area contributed by atoms with Crippen molar-refractivity contribution in [2.45, 2.75) is 12.8 Å². The van der Waals surface area contributed by atoms with Gasteiger partial charge in [-0.15, -0.1) is 0 Å². The molecule has 0 saturated carbocycles. The van der Waals surface area contributed by atoms with Crippen molar-refractivity contribution < 1.29 is 18.3 Å². The third-order valence-electron chi connectivity index (χ3n) is 1.77. The van der Waals surface area contributed by atoms with E-state index in [2.05, 4.69) is 9.72 Å². The smallest absolute Gasteiger partial charge is 0.310 e. The minimum absolute atomic E-state index is 0.141. The second kappa shape index (κ2) is 5.02. The third kappa shape index (κ3) is 2.86. The van der Waals surface area contributed by atoms with E-state index in [-0.39, 0.29) is 17.0 Å². The molecule has 0 amide bonds. The Balaban J connectivity index is 2.99. The topological polar surface area (TPSA) is 39.2 Å². The van der Waals surface area contributed by atoms with Crippen LogP contribution in [0.2, 0.25) is 5.02 Å². The second-order valence-corrected chi connectivity index (χ2v) is 3.10. The first kappa shape index (κ1) is 11.8. The number of carbonyl (C=O) groups excluding carboxylic acids is 1. The molecule has 0 aromatic carbocycles. The Kier molecular flexibility index (Phi) is 3.96. The average Bonchev–Trinajstić information content (AvgIpc) is 2.20. The maximum Gasteiger partial charge on any atom is 0.310 e. The minimum atomic E-state index is -2.75. The summed E-state index contributed by atoms with van der Waals surface area (Å²) in [5, 5.41) is -0.182. The lowest BCUT2D eigenvalue weighted by molar-refractivity contribution is -0.139. The molecule has 0 unspecified atom stereocenters. The van der Waals surface area contributed by atoms with Crippen LogP contribution in [-0.4, -0.2) is 18.1 Å². The molecule has 0 aliphatic carbocycles. The molecule has 0 bridgehead atoms. The van der Waals surface area contributed by atoms with Crippen LogP contribution in [0.5, 0.6) is 0 Å². The number of rotatable bonds is 3. The van der Waals surface area contributed by atoms with Crippen molar-refractivity contribution in [3.63, 3.8) is 0 Å². The number of carbonyl (C=O) groups is 1. The molecule has 1 aromatic rings. The van der Waals surface area contributed by atoms with E-state index in [0.717, 1.165) is 0 Å². The Labute approximate surface area is 90.0 Å². The van der Waals surface area contributed by atoms with Gasteiger partial charge in [-0.1, -0.05) is 11.6 Å². The Morgan fingerprint density at radius 2 is 2.33 bits per heavy atom. The first-order valence-electron chi connectivity index (χ1n) is 4.04. The lowest BCUT2D eigenvalue weighted by Crippen LogP contribution is -2.06. The summed E-state index contributed by atoms with van der Waals surface area (Å²) < 4.78 is 29.1. The molecule has 0 N–H and O–H groups in total. The van der Waals surface area contributed by atoms with Gasteiger partial charge in [-0.25, -0.2) is 8.78 Å². The Morgan fingerprint density at radius 3 is 2.87 bits per heavy atom. The SMILES string of the molecule is COC(=O)Cc1ccnc(C(F)F)c1Cl. The van der Waals surface area contributed by atoms with E-state index in [0.29, 0.717) is 0 Å². The van der Waals surface area contributed by atoms with Crippen molar-refractivity contribution in [1.29, 1.82) is 0 Å². The average molecular weight is 236 g/mol. The first-order valence-corrected chi connectivity index (χ1v) is 4.42. The van der Waals surface area contributed by atoms with E-state index in [9.17, 15) is 13.6 Å². The van der Waals surface area contributed by atoms with E-state index in [1.165, 1.54) is 19.4 Å². The fourth-order valence-corrected chi connectivity index (χ4v) is 1.28. The number of aromatic nitrogens is 1. The number of alkyl halides is 2. The van der Waals surface area contributed by atoms with E-state index in [1.807, 2.05) is 0 Å². The Hall–Kier alpha value is -1.23. The highest BCUT2D eigenvalue weighted by molar-refractivity contribution is 6.32. The van der Waals surface area contributed by atoms with Gasteiger partial charge in [-0.2, -0.15) is 0 Å². The van der Waals surface area contributed by atoms with Crippen LogP contribution in [-0.2, 0) is 16.0 Å². The fraction of sp³-hybridized carbons (Fsp3) is 0.333. The monoisotopic (exact) mass is 235 g/mol. The number of halogens is 3. The molecular weight excluding hydrogens is 228 g/mol. The van der Waals surface area contributed by atoms with Crippen LogP contribution in [0, 0.1) is 0 Å². The highest BCUT2D eigenvalue weighted by Gasteiger charge is 2.17. The molecule has 0 aliphatic rings. The molecule has 1 heterocycles. The zero-order valence-corrected chi connectivity index (χ0v) is 8.59. The van der Waals surface area contributed by atoms with Gasteiger partial charge in [0, 0.05) is 6.20 Å². The maximum atomic E-state index is 12.4. The van der Waals surface area contributed by atoms with Crippen molar-refractivity contribution in [2.75, 3.05) is 7.11 Å². The first-order chi connectivity index (χ1) is 7.06. The molecule has 0 atom stereocenters. The highest BCUT2D eigenvalue weighted by atomic mass is 35.5. The van der Waals surface area contributed by atoms with Crippen LogP contribution in [0.1, 0.15) is 17.7 Å². The fourth-order valence-electron chi connectivity index (χ4n) is 1.02. The van der Waals surface area contributed by atoms with Gasteiger partial charge in [-0.05, 0) is 11.6 Å². The summed E-state index contributed by atoms with van der Waals surface area (Å²) in [6.07, 6.45) is -1.71. The Bertz CT molecular complexity index is 371. The number of hydrogen-bond donors (Lipinski definition) is 0. The quantitative estimate of drug-likeness (QED) is 0.755. The van der Waals surface area contributed by atoms with E-state index in [4.69, 9.17) is 11.6 Å². The van der Waals surface area contributed by atoms with E-state index < -0.39 is 18.1 Å². The predicted octanol–water partition coefficient (Wildman–Crippen LogP) is 2.39. The third-order valence-corrected chi connectivity index (χ3v) is 2.20. The largest absolute Gasteiger partial charge is 0.469 e. The van der Waals surface area contributed by atoms with Crippen molar-refractivity contribution in [3.8, 4) is 0 Å². The minimum Gasteiger partial charge on any atom is -0.469 e. The van der Waals surface area contributed by atoms with Gasteiger partial charge in [0.05, 0.1) is 18.6 Å². The summed E-state index contributed by atoms with van der Waals surface area (Å²) in [6.45, 7) is 0. The van der Waals surface area contributed by atoms with Gasteiger partial charge in [0.1, 0.15) is 5.69 Å². The van der Waals surface area contributed by atoms with Crippen molar-refractivity contribution >= 4 is 17.6 Å². The number of methoxy groups -OCH3 is 1. The van der Waals surface area contributed by atoms with Crippen molar-refractivity contribution in [3.05, 3.63) is 28.5 Å². The molecule has 0 fully saturated rings.